The van der Waals surface area contributed by atoms with E-state index in [0.29, 0.717) is 10.0 Å². The van der Waals surface area contributed by atoms with Crippen molar-refractivity contribution in [2.45, 2.75) is 37.6 Å². The number of aromatic amines is 1. The number of H-pyrrole nitrogens is 1. The molecule has 164 valence electrons. The average Bonchev–Trinajstić information content (AvgIpc) is 3.30. The number of halogens is 2. The lowest BCUT2D eigenvalue weighted by atomic mass is 9.99. The Balaban J connectivity index is 1.75. The van der Waals surface area contributed by atoms with Crippen molar-refractivity contribution in [3.05, 3.63) is 58.6 Å². The van der Waals surface area contributed by atoms with E-state index in [4.69, 9.17) is 27.9 Å². The average molecular weight is 471 g/mol. The smallest absolute Gasteiger partial charge is 0.163 e. The Kier molecular flexibility index (Phi) is 4.50. The summed E-state index contributed by atoms with van der Waals surface area (Å²) in [5.41, 5.74) is 3.40. The first-order chi connectivity index (χ1) is 15.3. The van der Waals surface area contributed by atoms with Gasteiger partial charge in [0.1, 0.15) is 18.3 Å². The number of benzene rings is 3. The first-order valence-corrected chi connectivity index (χ1v) is 11.1. The van der Waals surface area contributed by atoms with Crippen LogP contribution >= 0.6 is 23.2 Å². The molecule has 1 fully saturated rings. The molecule has 1 aliphatic heterocycles. The number of nitrogens with one attached hydrogen (secondary N) is 1. The minimum Gasteiger partial charge on any atom is -0.388 e. The standard InChI is InChI=1S/C24H20Cl2N2O4/c1-10-21(29)22(30)23(31)24(32-10)28-18-7-3-12(26)9-16(18)14-5-4-13-15-8-11(25)2-6-17(15)27-19(13)20(14)28/h2-10,21-24,27,29-31H,1H3/t10-,21+,22-,23-,24-/m1/s1. The fourth-order valence-electron chi connectivity index (χ4n) is 4.95. The van der Waals surface area contributed by atoms with Gasteiger partial charge in [0.05, 0.1) is 22.7 Å². The number of fused-ring (bicyclic) bond motifs is 7. The van der Waals surface area contributed by atoms with Crippen LogP contribution in [-0.2, 0) is 4.74 Å². The highest BCUT2D eigenvalue weighted by molar-refractivity contribution is 6.33. The Morgan fingerprint density at radius 3 is 2.28 bits per heavy atom. The van der Waals surface area contributed by atoms with Crippen molar-refractivity contribution in [3.63, 3.8) is 0 Å². The van der Waals surface area contributed by atoms with Crippen molar-refractivity contribution in [2.75, 3.05) is 0 Å². The second-order valence-corrected chi connectivity index (χ2v) is 9.31. The van der Waals surface area contributed by atoms with Gasteiger partial charge in [-0.05, 0) is 43.3 Å². The lowest BCUT2D eigenvalue weighted by Gasteiger charge is -2.40. The Labute approximate surface area is 192 Å². The molecular weight excluding hydrogens is 451 g/mol. The monoisotopic (exact) mass is 470 g/mol. The van der Waals surface area contributed by atoms with Crippen molar-refractivity contribution in [1.29, 1.82) is 0 Å². The lowest BCUT2D eigenvalue weighted by molar-refractivity contribution is -0.238. The molecule has 0 amide bonds. The molecular formula is C24H20Cl2N2O4. The summed E-state index contributed by atoms with van der Waals surface area (Å²) in [6.45, 7) is 1.68. The molecule has 5 aromatic rings. The van der Waals surface area contributed by atoms with E-state index in [-0.39, 0.29) is 0 Å². The molecule has 0 radical (unpaired) electrons. The molecule has 32 heavy (non-hydrogen) atoms. The SMILES string of the molecule is C[C@H]1O[C@@H](n2c3ccc(Cl)cc3c3ccc4c5cc(Cl)ccc5[nH]c4c32)[C@H](O)[C@H](O)[C@H]1O. The van der Waals surface area contributed by atoms with Crippen molar-refractivity contribution in [3.8, 4) is 0 Å². The van der Waals surface area contributed by atoms with Gasteiger partial charge in [0.15, 0.2) is 6.23 Å². The summed E-state index contributed by atoms with van der Waals surface area (Å²) >= 11 is 12.6. The number of aliphatic hydroxyl groups is 3. The number of hydrogen-bond donors (Lipinski definition) is 4. The highest BCUT2D eigenvalue weighted by Crippen LogP contribution is 2.42. The van der Waals surface area contributed by atoms with Crippen LogP contribution in [0.5, 0.6) is 0 Å². The number of rotatable bonds is 1. The second kappa shape index (κ2) is 7.09. The van der Waals surface area contributed by atoms with Gasteiger partial charge in [-0.3, -0.25) is 0 Å². The van der Waals surface area contributed by atoms with Gasteiger partial charge in [-0.15, -0.1) is 0 Å². The third kappa shape index (κ3) is 2.75. The van der Waals surface area contributed by atoms with Gasteiger partial charge in [-0.25, -0.2) is 0 Å². The highest BCUT2D eigenvalue weighted by atomic mass is 35.5. The summed E-state index contributed by atoms with van der Waals surface area (Å²) in [7, 11) is 0. The van der Waals surface area contributed by atoms with E-state index in [1.807, 2.05) is 47.0 Å². The number of ether oxygens (including phenoxy) is 1. The number of aromatic nitrogens is 2. The van der Waals surface area contributed by atoms with E-state index in [1.54, 1.807) is 13.0 Å². The normalized spacial score (nSPS) is 26.6. The first kappa shape index (κ1) is 20.3. The molecule has 5 atom stereocenters. The summed E-state index contributed by atoms with van der Waals surface area (Å²) < 4.78 is 7.93. The van der Waals surface area contributed by atoms with Crippen LogP contribution in [0.3, 0.4) is 0 Å². The quantitative estimate of drug-likeness (QED) is 0.285. The molecule has 3 heterocycles. The molecule has 0 aliphatic carbocycles. The van der Waals surface area contributed by atoms with Crippen LogP contribution in [0.15, 0.2) is 48.5 Å². The van der Waals surface area contributed by atoms with E-state index in [2.05, 4.69) is 4.98 Å². The topological polar surface area (TPSA) is 90.6 Å². The fraction of sp³-hybridized carbons (Fsp3) is 0.250. The largest absolute Gasteiger partial charge is 0.388 e. The maximum absolute atomic E-state index is 10.9. The summed E-state index contributed by atoms with van der Waals surface area (Å²) in [5.74, 6) is 0. The van der Waals surface area contributed by atoms with Crippen LogP contribution in [0.1, 0.15) is 13.2 Å². The van der Waals surface area contributed by atoms with Crippen molar-refractivity contribution in [1.82, 2.24) is 9.55 Å². The van der Waals surface area contributed by atoms with Crippen LogP contribution in [0.25, 0.3) is 43.6 Å². The van der Waals surface area contributed by atoms with Gasteiger partial charge in [0.2, 0.25) is 0 Å². The third-order valence-corrected chi connectivity index (χ3v) is 7.01. The molecule has 6 rings (SSSR count). The minimum atomic E-state index is -1.34. The maximum Gasteiger partial charge on any atom is 0.163 e. The van der Waals surface area contributed by atoms with E-state index < -0.39 is 30.6 Å². The second-order valence-electron chi connectivity index (χ2n) is 8.43. The number of hydrogen-bond acceptors (Lipinski definition) is 4. The van der Waals surface area contributed by atoms with E-state index in [9.17, 15) is 15.3 Å². The molecule has 1 saturated heterocycles. The third-order valence-electron chi connectivity index (χ3n) is 6.54. The highest BCUT2D eigenvalue weighted by Gasteiger charge is 2.43. The minimum absolute atomic E-state index is 0.592. The van der Waals surface area contributed by atoms with Crippen LogP contribution in [0, 0.1) is 0 Å². The van der Waals surface area contributed by atoms with Crippen molar-refractivity contribution >= 4 is 66.8 Å². The zero-order valence-corrected chi connectivity index (χ0v) is 18.5. The fourth-order valence-corrected chi connectivity index (χ4v) is 5.30. The predicted octanol–water partition coefficient (Wildman–Crippen LogP) is 4.74. The van der Waals surface area contributed by atoms with Gasteiger partial charge < -0.3 is 29.6 Å². The molecule has 0 bridgehead atoms. The predicted molar refractivity (Wildman–Crippen MR) is 126 cm³/mol. The van der Waals surface area contributed by atoms with Crippen molar-refractivity contribution in [2.24, 2.45) is 0 Å². The maximum atomic E-state index is 10.9. The molecule has 8 heteroatoms. The summed E-state index contributed by atoms with van der Waals surface area (Å²) in [6, 6.07) is 15.3. The molecule has 1 aliphatic rings. The Bertz CT molecular complexity index is 1530. The lowest BCUT2D eigenvalue weighted by Crippen LogP contribution is -2.54. The zero-order valence-electron chi connectivity index (χ0n) is 17.0. The Morgan fingerprint density at radius 1 is 0.812 bits per heavy atom. The van der Waals surface area contributed by atoms with Crippen LogP contribution in [0.2, 0.25) is 10.0 Å². The van der Waals surface area contributed by atoms with Gasteiger partial charge in [-0.1, -0.05) is 35.3 Å². The summed E-state index contributed by atoms with van der Waals surface area (Å²) in [6.07, 6.45) is -5.43. The van der Waals surface area contributed by atoms with Crippen LogP contribution in [-0.4, -0.2) is 49.3 Å². The number of aliphatic hydroxyl groups excluding tert-OH is 3. The molecule has 0 spiro atoms. The van der Waals surface area contributed by atoms with E-state index in [0.717, 1.165) is 43.6 Å². The van der Waals surface area contributed by atoms with Gasteiger partial charge in [0, 0.05) is 37.1 Å². The Hall–Kier alpha value is -2.32. The zero-order chi connectivity index (χ0) is 22.3. The summed E-state index contributed by atoms with van der Waals surface area (Å²) in [4.78, 5) is 3.49. The van der Waals surface area contributed by atoms with Gasteiger partial charge in [0.25, 0.3) is 0 Å². The van der Waals surface area contributed by atoms with Crippen LogP contribution in [0.4, 0.5) is 0 Å². The molecule has 0 saturated carbocycles. The molecule has 3 aromatic carbocycles. The summed E-state index contributed by atoms with van der Waals surface area (Å²) in [5, 5.41) is 36.6. The van der Waals surface area contributed by atoms with Gasteiger partial charge >= 0.3 is 0 Å². The number of nitrogens with zero attached hydrogens (tertiary/aromatic N) is 1. The van der Waals surface area contributed by atoms with Crippen molar-refractivity contribution < 1.29 is 20.1 Å². The molecule has 0 unspecified atom stereocenters. The molecule has 4 N–H and O–H groups in total. The van der Waals surface area contributed by atoms with E-state index in [1.165, 1.54) is 0 Å². The van der Waals surface area contributed by atoms with Gasteiger partial charge in [-0.2, -0.15) is 0 Å². The molecule has 2 aromatic heterocycles. The first-order valence-electron chi connectivity index (χ1n) is 10.4. The van der Waals surface area contributed by atoms with E-state index >= 15 is 0 Å². The Morgan fingerprint density at radius 2 is 1.50 bits per heavy atom. The van der Waals surface area contributed by atoms with Crippen LogP contribution < -0.4 is 0 Å². The molecule has 6 nitrogen and oxygen atoms in total.